The van der Waals surface area contributed by atoms with Crippen molar-refractivity contribution in [1.82, 2.24) is 0 Å². The summed E-state index contributed by atoms with van der Waals surface area (Å²) >= 11 is 11.9. The van der Waals surface area contributed by atoms with Gasteiger partial charge < -0.3 is 15.2 Å². The number of carboxylic acids is 1. The molecule has 2 N–H and O–H groups in total. The zero-order valence-corrected chi connectivity index (χ0v) is 12.5. The van der Waals surface area contributed by atoms with Gasteiger partial charge in [0.1, 0.15) is 17.9 Å². The second kappa shape index (κ2) is 7.20. The van der Waals surface area contributed by atoms with Crippen molar-refractivity contribution < 1.29 is 14.6 Å². The molecule has 2 aromatic carbocycles. The quantitative estimate of drug-likeness (QED) is 0.782. The molecular formula is C15H13Cl2NO3. The number of para-hydroxylation sites is 1. The summed E-state index contributed by atoms with van der Waals surface area (Å²) in [5.41, 5.74) is 0.845. The summed E-state index contributed by atoms with van der Waals surface area (Å²) in [6.45, 7) is 0.765. The number of carboxylic acid groups (broad SMARTS) is 1. The highest BCUT2D eigenvalue weighted by Gasteiger charge is 2.09. The Kier molecular flexibility index (Phi) is 5.31. The number of ether oxygens (including phenoxy) is 1. The Morgan fingerprint density at radius 1 is 1.19 bits per heavy atom. The van der Waals surface area contributed by atoms with Crippen LogP contribution in [0.25, 0.3) is 0 Å². The molecule has 4 nitrogen and oxygen atoms in total. The van der Waals surface area contributed by atoms with E-state index < -0.39 is 5.97 Å². The van der Waals surface area contributed by atoms with E-state index in [9.17, 15) is 4.79 Å². The number of hydrogen-bond donors (Lipinski definition) is 2. The van der Waals surface area contributed by atoms with Crippen molar-refractivity contribution in [3.05, 3.63) is 58.1 Å². The van der Waals surface area contributed by atoms with Gasteiger partial charge in [0.05, 0.1) is 10.7 Å². The van der Waals surface area contributed by atoms with Gasteiger partial charge in [0, 0.05) is 11.6 Å². The standard InChI is InChI=1S/C15H13Cl2NO3/c16-10-5-6-12(17)13(9-10)18-7-8-21-14-4-2-1-3-11(14)15(19)20/h1-6,9,18H,7-8H2,(H,19,20). The SMILES string of the molecule is O=C(O)c1ccccc1OCCNc1cc(Cl)ccc1Cl. The van der Waals surface area contributed by atoms with Gasteiger partial charge in [-0.3, -0.25) is 0 Å². The average molecular weight is 326 g/mol. The normalized spacial score (nSPS) is 10.2. The molecule has 0 fully saturated rings. The third-order valence-corrected chi connectivity index (χ3v) is 3.29. The fourth-order valence-corrected chi connectivity index (χ4v) is 2.11. The summed E-state index contributed by atoms with van der Waals surface area (Å²) in [5, 5.41) is 13.3. The Bertz CT molecular complexity index is 647. The number of aromatic carboxylic acids is 1. The van der Waals surface area contributed by atoms with Crippen molar-refractivity contribution in [1.29, 1.82) is 0 Å². The summed E-state index contributed by atoms with van der Waals surface area (Å²) in [6, 6.07) is 11.6. The van der Waals surface area contributed by atoms with Crippen molar-refractivity contribution in [2.75, 3.05) is 18.5 Å². The number of halogens is 2. The molecule has 0 aliphatic carbocycles. The van der Waals surface area contributed by atoms with Crippen molar-refractivity contribution in [3.63, 3.8) is 0 Å². The minimum atomic E-state index is -1.02. The maximum atomic E-state index is 11.0. The lowest BCUT2D eigenvalue weighted by Gasteiger charge is -2.11. The summed E-state index contributed by atoms with van der Waals surface area (Å²) in [4.78, 5) is 11.0. The fourth-order valence-electron chi connectivity index (χ4n) is 1.75. The van der Waals surface area contributed by atoms with E-state index in [1.165, 1.54) is 6.07 Å². The molecule has 0 spiro atoms. The molecular weight excluding hydrogens is 313 g/mol. The molecule has 0 aliphatic rings. The van der Waals surface area contributed by atoms with Gasteiger partial charge >= 0.3 is 5.97 Å². The maximum absolute atomic E-state index is 11.0. The molecule has 2 rings (SSSR count). The molecule has 0 aliphatic heterocycles. The second-order valence-electron chi connectivity index (χ2n) is 4.20. The molecule has 0 aromatic heterocycles. The van der Waals surface area contributed by atoms with Gasteiger partial charge in [-0.15, -0.1) is 0 Å². The zero-order valence-electron chi connectivity index (χ0n) is 11.0. The first-order valence-corrected chi connectivity index (χ1v) is 6.97. The molecule has 2 aromatic rings. The van der Waals surface area contributed by atoms with Crippen LogP contribution in [-0.4, -0.2) is 24.2 Å². The largest absolute Gasteiger partial charge is 0.491 e. The number of anilines is 1. The number of carbonyl (C=O) groups is 1. The topological polar surface area (TPSA) is 58.6 Å². The van der Waals surface area contributed by atoms with Crippen LogP contribution in [0.1, 0.15) is 10.4 Å². The highest BCUT2D eigenvalue weighted by molar-refractivity contribution is 6.35. The molecule has 0 amide bonds. The predicted octanol–water partition coefficient (Wildman–Crippen LogP) is 4.18. The first kappa shape index (κ1) is 15.5. The lowest BCUT2D eigenvalue weighted by atomic mass is 10.2. The lowest BCUT2D eigenvalue weighted by molar-refractivity contribution is 0.0692. The van der Waals surface area contributed by atoms with Gasteiger partial charge in [0.15, 0.2) is 0 Å². The monoisotopic (exact) mass is 325 g/mol. The molecule has 0 radical (unpaired) electrons. The van der Waals surface area contributed by atoms with Crippen molar-refractivity contribution in [3.8, 4) is 5.75 Å². The number of rotatable bonds is 6. The second-order valence-corrected chi connectivity index (χ2v) is 5.04. The molecule has 0 heterocycles. The van der Waals surface area contributed by atoms with Crippen molar-refractivity contribution >= 4 is 34.9 Å². The van der Waals surface area contributed by atoms with Gasteiger partial charge in [0.25, 0.3) is 0 Å². The number of hydrogen-bond acceptors (Lipinski definition) is 3. The third kappa shape index (κ3) is 4.28. The Morgan fingerprint density at radius 2 is 1.95 bits per heavy atom. The van der Waals surface area contributed by atoms with E-state index in [1.807, 2.05) is 0 Å². The van der Waals surface area contributed by atoms with Crippen LogP contribution in [-0.2, 0) is 0 Å². The van der Waals surface area contributed by atoms with E-state index in [2.05, 4.69) is 5.32 Å². The molecule has 0 saturated heterocycles. The molecule has 0 unspecified atom stereocenters. The summed E-state index contributed by atoms with van der Waals surface area (Å²) in [5.74, 6) is -0.680. The molecule has 0 bridgehead atoms. The fraction of sp³-hybridized carbons (Fsp3) is 0.133. The van der Waals surface area contributed by atoms with E-state index in [0.29, 0.717) is 34.6 Å². The van der Waals surface area contributed by atoms with Crippen LogP contribution in [0.4, 0.5) is 5.69 Å². The Labute approximate surface area is 132 Å². The van der Waals surface area contributed by atoms with Crippen molar-refractivity contribution in [2.24, 2.45) is 0 Å². The van der Waals surface area contributed by atoms with E-state index >= 15 is 0 Å². The van der Waals surface area contributed by atoms with Gasteiger partial charge in [-0.1, -0.05) is 35.3 Å². The minimum Gasteiger partial charge on any atom is -0.491 e. The van der Waals surface area contributed by atoms with E-state index in [0.717, 1.165) is 0 Å². The van der Waals surface area contributed by atoms with Crippen LogP contribution < -0.4 is 10.1 Å². The van der Waals surface area contributed by atoms with Crippen LogP contribution >= 0.6 is 23.2 Å². The summed E-state index contributed by atoms with van der Waals surface area (Å²) in [7, 11) is 0. The van der Waals surface area contributed by atoms with Crippen LogP contribution in [0.5, 0.6) is 5.75 Å². The van der Waals surface area contributed by atoms with Crippen LogP contribution in [0, 0.1) is 0 Å². The van der Waals surface area contributed by atoms with E-state index in [1.54, 1.807) is 36.4 Å². The van der Waals surface area contributed by atoms with Crippen LogP contribution in [0.15, 0.2) is 42.5 Å². The van der Waals surface area contributed by atoms with E-state index in [4.69, 9.17) is 33.0 Å². The van der Waals surface area contributed by atoms with Crippen LogP contribution in [0.3, 0.4) is 0 Å². The molecule has 110 valence electrons. The van der Waals surface area contributed by atoms with E-state index in [-0.39, 0.29) is 5.56 Å². The minimum absolute atomic E-state index is 0.137. The molecule has 0 atom stereocenters. The molecule has 21 heavy (non-hydrogen) atoms. The summed E-state index contributed by atoms with van der Waals surface area (Å²) < 4.78 is 5.47. The van der Waals surface area contributed by atoms with Gasteiger partial charge in [-0.05, 0) is 30.3 Å². The van der Waals surface area contributed by atoms with Gasteiger partial charge in [-0.25, -0.2) is 4.79 Å². The van der Waals surface area contributed by atoms with Crippen LogP contribution in [0.2, 0.25) is 10.0 Å². The van der Waals surface area contributed by atoms with Crippen molar-refractivity contribution in [2.45, 2.75) is 0 Å². The number of benzene rings is 2. The van der Waals surface area contributed by atoms with Gasteiger partial charge in [-0.2, -0.15) is 0 Å². The lowest BCUT2D eigenvalue weighted by Crippen LogP contribution is -2.13. The Balaban J connectivity index is 1.91. The highest BCUT2D eigenvalue weighted by atomic mass is 35.5. The third-order valence-electron chi connectivity index (χ3n) is 2.72. The molecule has 0 saturated carbocycles. The summed E-state index contributed by atoms with van der Waals surface area (Å²) in [6.07, 6.45) is 0. The molecule has 6 heteroatoms. The Morgan fingerprint density at radius 3 is 2.71 bits per heavy atom. The number of nitrogens with one attached hydrogen (secondary N) is 1. The first-order valence-electron chi connectivity index (χ1n) is 6.22. The maximum Gasteiger partial charge on any atom is 0.339 e. The first-order chi connectivity index (χ1) is 10.1. The highest BCUT2D eigenvalue weighted by Crippen LogP contribution is 2.25. The Hall–Kier alpha value is -1.91. The predicted molar refractivity (Wildman–Crippen MR) is 83.8 cm³/mol. The average Bonchev–Trinajstić information content (AvgIpc) is 2.47. The zero-order chi connectivity index (χ0) is 15.2. The smallest absolute Gasteiger partial charge is 0.339 e. The van der Waals surface area contributed by atoms with Gasteiger partial charge in [0.2, 0.25) is 0 Å².